The van der Waals surface area contributed by atoms with Crippen molar-refractivity contribution in [3.63, 3.8) is 0 Å². The van der Waals surface area contributed by atoms with E-state index in [1.54, 1.807) is 0 Å². The van der Waals surface area contributed by atoms with Crippen molar-refractivity contribution in [3.8, 4) is 0 Å². The summed E-state index contributed by atoms with van der Waals surface area (Å²) >= 11 is 0. The summed E-state index contributed by atoms with van der Waals surface area (Å²) < 4.78 is 5.64. The lowest BCUT2D eigenvalue weighted by Gasteiger charge is -2.14. The number of hydrogen-bond acceptors (Lipinski definition) is 3. The normalized spacial score (nSPS) is 14.9. The fourth-order valence-electron chi connectivity index (χ4n) is 2.37. The van der Waals surface area contributed by atoms with Crippen molar-refractivity contribution in [3.05, 3.63) is 59.5 Å². The van der Waals surface area contributed by atoms with Gasteiger partial charge >= 0.3 is 0 Å². The van der Waals surface area contributed by atoms with Gasteiger partial charge in [0, 0.05) is 24.7 Å². The Bertz CT molecular complexity index is 531. The molecule has 1 aromatic heterocycles. The first-order chi connectivity index (χ1) is 9.79. The number of benzene rings is 1. The Balaban J connectivity index is 1.49. The quantitative estimate of drug-likeness (QED) is 0.837. The molecule has 0 saturated heterocycles. The van der Waals surface area contributed by atoms with Gasteiger partial charge in [0.15, 0.2) is 0 Å². The first-order valence-electron chi connectivity index (χ1n) is 7.32. The molecule has 3 rings (SSSR count). The molecule has 3 heteroatoms. The Morgan fingerprint density at radius 1 is 1.15 bits per heavy atom. The minimum absolute atomic E-state index is 0.745. The Morgan fingerprint density at radius 3 is 2.70 bits per heavy atom. The second kappa shape index (κ2) is 6.25. The molecule has 1 aromatic carbocycles. The zero-order valence-electron chi connectivity index (χ0n) is 12.0. The molecule has 0 radical (unpaired) electrons. The molecular formula is C17H22N2O. The summed E-state index contributed by atoms with van der Waals surface area (Å²) in [7, 11) is 2.12. The van der Waals surface area contributed by atoms with Crippen LogP contribution in [0.5, 0.6) is 0 Å². The lowest BCUT2D eigenvalue weighted by Crippen LogP contribution is -2.17. The third-order valence-corrected chi connectivity index (χ3v) is 3.60. The van der Waals surface area contributed by atoms with E-state index in [1.165, 1.54) is 24.0 Å². The Hall–Kier alpha value is -1.58. The molecule has 0 bridgehead atoms. The van der Waals surface area contributed by atoms with Crippen LogP contribution >= 0.6 is 0 Å². The average molecular weight is 270 g/mol. The molecule has 0 atom stereocenters. The van der Waals surface area contributed by atoms with Gasteiger partial charge in [0.1, 0.15) is 5.76 Å². The summed E-state index contributed by atoms with van der Waals surface area (Å²) in [6.45, 7) is 2.71. The maximum atomic E-state index is 5.64. The van der Waals surface area contributed by atoms with Gasteiger partial charge in [0.05, 0.1) is 12.8 Å². The maximum Gasteiger partial charge on any atom is 0.118 e. The molecule has 0 amide bonds. The van der Waals surface area contributed by atoms with Gasteiger partial charge in [-0.2, -0.15) is 0 Å². The van der Waals surface area contributed by atoms with E-state index in [9.17, 15) is 0 Å². The largest absolute Gasteiger partial charge is 0.468 e. The summed E-state index contributed by atoms with van der Waals surface area (Å²) in [6.07, 6.45) is 4.52. The summed E-state index contributed by atoms with van der Waals surface area (Å²) in [5.41, 5.74) is 2.58. The molecule has 3 nitrogen and oxygen atoms in total. The molecule has 1 heterocycles. The van der Waals surface area contributed by atoms with Gasteiger partial charge in [-0.1, -0.05) is 30.3 Å². The van der Waals surface area contributed by atoms with Gasteiger partial charge in [-0.3, -0.25) is 4.90 Å². The van der Waals surface area contributed by atoms with Crippen LogP contribution < -0.4 is 5.32 Å². The SMILES string of the molecule is CN(Cc1ccccc1)Cc1cc(CNC2CC2)co1. The highest BCUT2D eigenvalue weighted by atomic mass is 16.3. The first kappa shape index (κ1) is 13.4. The number of rotatable bonds is 7. The molecule has 0 unspecified atom stereocenters. The zero-order chi connectivity index (χ0) is 13.8. The smallest absolute Gasteiger partial charge is 0.118 e. The van der Waals surface area contributed by atoms with Crippen LogP contribution in [0.4, 0.5) is 0 Å². The van der Waals surface area contributed by atoms with Gasteiger partial charge < -0.3 is 9.73 Å². The van der Waals surface area contributed by atoms with E-state index >= 15 is 0 Å². The second-order valence-corrected chi connectivity index (χ2v) is 5.73. The van der Waals surface area contributed by atoms with Crippen molar-refractivity contribution in [2.75, 3.05) is 7.05 Å². The lowest BCUT2D eigenvalue weighted by atomic mass is 10.2. The van der Waals surface area contributed by atoms with Crippen LogP contribution in [0.2, 0.25) is 0 Å². The topological polar surface area (TPSA) is 28.4 Å². The van der Waals surface area contributed by atoms with Crippen molar-refractivity contribution in [2.45, 2.75) is 38.5 Å². The Kier molecular flexibility index (Phi) is 4.19. The molecule has 0 aliphatic heterocycles. The van der Waals surface area contributed by atoms with Crippen LogP contribution in [-0.2, 0) is 19.6 Å². The molecule has 1 N–H and O–H groups in total. The lowest BCUT2D eigenvalue weighted by molar-refractivity contribution is 0.288. The van der Waals surface area contributed by atoms with Crippen LogP contribution in [0.1, 0.15) is 29.7 Å². The van der Waals surface area contributed by atoms with E-state index in [0.717, 1.165) is 31.4 Å². The third-order valence-electron chi connectivity index (χ3n) is 3.60. The second-order valence-electron chi connectivity index (χ2n) is 5.73. The Labute approximate surface area is 120 Å². The van der Waals surface area contributed by atoms with Gasteiger partial charge in [-0.05, 0) is 31.5 Å². The fourth-order valence-corrected chi connectivity index (χ4v) is 2.37. The molecule has 1 aliphatic carbocycles. The monoisotopic (exact) mass is 270 g/mol. The van der Waals surface area contributed by atoms with Crippen molar-refractivity contribution < 1.29 is 4.42 Å². The molecule has 0 spiro atoms. The predicted molar refractivity (Wildman–Crippen MR) is 80.2 cm³/mol. The van der Waals surface area contributed by atoms with E-state index in [-0.39, 0.29) is 0 Å². The standard InChI is InChI=1S/C17H22N2O/c1-19(11-14-5-3-2-4-6-14)12-17-9-15(13-20-17)10-18-16-7-8-16/h2-6,9,13,16,18H,7-8,10-12H2,1H3. The van der Waals surface area contributed by atoms with Crippen molar-refractivity contribution in [1.82, 2.24) is 10.2 Å². The highest BCUT2D eigenvalue weighted by Gasteiger charge is 2.20. The van der Waals surface area contributed by atoms with Gasteiger partial charge in [0.2, 0.25) is 0 Å². The molecular weight excluding hydrogens is 248 g/mol. The zero-order valence-corrected chi connectivity index (χ0v) is 12.0. The average Bonchev–Trinajstić information content (AvgIpc) is 3.18. The van der Waals surface area contributed by atoms with E-state index in [4.69, 9.17) is 4.42 Å². The van der Waals surface area contributed by atoms with Crippen LogP contribution in [0.3, 0.4) is 0 Å². The first-order valence-corrected chi connectivity index (χ1v) is 7.32. The third kappa shape index (κ3) is 3.95. The van der Waals surface area contributed by atoms with E-state index in [0.29, 0.717) is 0 Å². The van der Waals surface area contributed by atoms with Crippen molar-refractivity contribution >= 4 is 0 Å². The van der Waals surface area contributed by atoms with Crippen molar-refractivity contribution in [2.24, 2.45) is 0 Å². The highest BCUT2D eigenvalue weighted by molar-refractivity contribution is 5.15. The summed E-state index contributed by atoms with van der Waals surface area (Å²) in [5, 5.41) is 3.51. The van der Waals surface area contributed by atoms with Gasteiger partial charge in [-0.25, -0.2) is 0 Å². The molecule has 106 valence electrons. The minimum atomic E-state index is 0.745. The van der Waals surface area contributed by atoms with E-state index in [1.807, 2.05) is 6.26 Å². The van der Waals surface area contributed by atoms with Crippen LogP contribution in [0, 0.1) is 0 Å². The van der Waals surface area contributed by atoms with Crippen LogP contribution in [-0.4, -0.2) is 18.0 Å². The minimum Gasteiger partial charge on any atom is -0.468 e. The van der Waals surface area contributed by atoms with E-state index in [2.05, 4.69) is 53.7 Å². The van der Waals surface area contributed by atoms with Gasteiger partial charge in [0.25, 0.3) is 0 Å². The predicted octanol–water partition coefficient (Wildman–Crippen LogP) is 3.16. The molecule has 1 aliphatic rings. The van der Waals surface area contributed by atoms with Crippen molar-refractivity contribution in [1.29, 1.82) is 0 Å². The summed E-state index contributed by atoms with van der Waals surface area (Å²) in [4.78, 5) is 2.27. The molecule has 1 fully saturated rings. The maximum absolute atomic E-state index is 5.64. The Morgan fingerprint density at radius 2 is 1.95 bits per heavy atom. The molecule has 20 heavy (non-hydrogen) atoms. The fraction of sp³-hybridized carbons (Fsp3) is 0.412. The van der Waals surface area contributed by atoms with Gasteiger partial charge in [-0.15, -0.1) is 0 Å². The molecule has 1 saturated carbocycles. The molecule has 2 aromatic rings. The van der Waals surface area contributed by atoms with E-state index < -0.39 is 0 Å². The highest BCUT2D eigenvalue weighted by Crippen LogP contribution is 2.20. The van der Waals surface area contributed by atoms with Crippen LogP contribution in [0.15, 0.2) is 47.1 Å². The number of furan rings is 1. The summed E-state index contributed by atoms with van der Waals surface area (Å²) in [6, 6.07) is 13.4. The van der Waals surface area contributed by atoms with Crippen LogP contribution in [0.25, 0.3) is 0 Å². The number of nitrogens with one attached hydrogen (secondary N) is 1. The summed E-state index contributed by atoms with van der Waals surface area (Å²) in [5.74, 6) is 1.04. The number of nitrogens with zero attached hydrogens (tertiary/aromatic N) is 1. The number of hydrogen-bond donors (Lipinski definition) is 1.